The Bertz CT molecular complexity index is 1250. The molecule has 0 N–H and O–H groups in total. The smallest absolute Gasteiger partial charge is 0.186 e. The molecule has 9 heteroatoms. The van der Waals surface area contributed by atoms with Gasteiger partial charge in [0.05, 0.1) is 52.5 Å². The fourth-order valence-electron chi connectivity index (χ4n) is 4.70. The molecule has 0 amide bonds. The van der Waals surface area contributed by atoms with E-state index in [1.54, 1.807) is 24.4 Å². The standard InChI is InChI=1S/C37H51NO8/c1-37(2,3)16-5-4-6-18-46-38-29-31-10-7-9-30(27-31)11-8-17-41-19-20-42-21-22-43-23-24-44-25-26-45-32-12-13-33-34(28-32)36(40)15-14-35(33)39/h7,9-10,12-15,27-29H,4-6,8,11,16-26H2,1-3H3/b38-29+. The molecule has 0 radical (unpaired) electrons. The molecule has 2 aromatic rings. The van der Waals surface area contributed by atoms with Gasteiger partial charge >= 0.3 is 0 Å². The van der Waals surface area contributed by atoms with Crippen molar-refractivity contribution in [1.82, 2.24) is 0 Å². The number of rotatable bonds is 24. The summed E-state index contributed by atoms with van der Waals surface area (Å²) < 4.78 is 27.9. The fraction of sp³-hybridized carbons (Fsp3) is 0.541. The van der Waals surface area contributed by atoms with Gasteiger partial charge in [-0.05, 0) is 79.0 Å². The number of ketones is 2. The maximum absolute atomic E-state index is 12.0. The molecule has 0 saturated carbocycles. The molecule has 46 heavy (non-hydrogen) atoms. The van der Waals surface area contributed by atoms with E-state index in [-0.39, 0.29) is 11.6 Å². The zero-order valence-corrected chi connectivity index (χ0v) is 27.8. The molecular weight excluding hydrogens is 586 g/mol. The Labute approximate surface area is 274 Å². The molecule has 2 aromatic carbocycles. The predicted octanol–water partition coefficient (Wildman–Crippen LogP) is 6.66. The number of aryl methyl sites for hydroxylation is 1. The van der Waals surface area contributed by atoms with Crippen molar-refractivity contribution < 1.29 is 38.1 Å². The summed E-state index contributed by atoms with van der Waals surface area (Å²) in [6.45, 7) is 11.8. The number of oxime groups is 1. The van der Waals surface area contributed by atoms with Crippen LogP contribution in [0.3, 0.4) is 0 Å². The molecular formula is C37H51NO8. The molecule has 252 valence electrons. The van der Waals surface area contributed by atoms with Crippen molar-refractivity contribution in [3.63, 3.8) is 0 Å². The summed E-state index contributed by atoms with van der Waals surface area (Å²) >= 11 is 0. The molecule has 0 aromatic heterocycles. The van der Waals surface area contributed by atoms with Gasteiger partial charge in [-0.1, -0.05) is 56.6 Å². The first-order valence-electron chi connectivity index (χ1n) is 16.4. The van der Waals surface area contributed by atoms with Crippen LogP contribution >= 0.6 is 0 Å². The Morgan fingerprint density at radius 2 is 1.30 bits per heavy atom. The number of hydrogen-bond donors (Lipinski definition) is 0. The van der Waals surface area contributed by atoms with Gasteiger partial charge in [-0.15, -0.1) is 0 Å². The van der Waals surface area contributed by atoms with E-state index in [9.17, 15) is 9.59 Å². The van der Waals surface area contributed by atoms with Gasteiger partial charge in [-0.25, -0.2) is 0 Å². The minimum absolute atomic E-state index is 0.173. The van der Waals surface area contributed by atoms with E-state index in [1.807, 2.05) is 12.1 Å². The van der Waals surface area contributed by atoms with Crippen LogP contribution in [0.1, 0.15) is 84.7 Å². The largest absolute Gasteiger partial charge is 0.491 e. The fourth-order valence-corrected chi connectivity index (χ4v) is 4.70. The van der Waals surface area contributed by atoms with Gasteiger partial charge in [0.15, 0.2) is 11.6 Å². The Morgan fingerprint density at radius 3 is 2.00 bits per heavy atom. The van der Waals surface area contributed by atoms with Gasteiger partial charge in [-0.3, -0.25) is 9.59 Å². The quantitative estimate of drug-likeness (QED) is 0.0716. The summed E-state index contributed by atoms with van der Waals surface area (Å²) in [6.07, 6.45) is 10.9. The van der Waals surface area contributed by atoms with Crippen LogP contribution in [-0.4, -0.2) is 83.8 Å². The first-order valence-corrected chi connectivity index (χ1v) is 16.4. The van der Waals surface area contributed by atoms with Gasteiger partial charge in [0.2, 0.25) is 0 Å². The van der Waals surface area contributed by atoms with Crippen LogP contribution < -0.4 is 4.74 Å². The Morgan fingerprint density at radius 1 is 0.652 bits per heavy atom. The van der Waals surface area contributed by atoms with Crippen LogP contribution in [0.4, 0.5) is 0 Å². The van der Waals surface area contributed by atoms with Crippen molar-refractivity contribution in [2.24, 2.45) is 10.6 Å². The number of benzene rings is 2. The number of carbonyl (C=O) groups excluding carboxylic acids is 2. The van der Waals surface area contributed by atoms with Gasteiger partial charge in [0.1, 0.15) is 19.0 Å². The average Bonchev–Trinajstić information content (AvgIpc) is 3.03. The Kier molecular flexibility index (Phi) is 17.3. The molecule has 0 saturated heterocycles. The molecule has 0 heterocycles. The molecule has 9 nitrogen and oxygen atoms in total. The second kappa shape index (κ2) is 21.4. The van der Waals surface area contributed by atoms with E-state index in [0.29, 0.717) is 88.4 Å². The molecule has 1 aliphatic carbocycles. The van der Waals surface area contributed by atoms with Gasteiger partial charge < -0.3 is 28.5 Å². The van der Waals surface area contributed by atoms with Crippen LogP contribution in [0.2, 0.25) is 0 Å². The van der Waals surface area contributed by atoms with Crippen LogP contribution in [-0.2, 0) is 30.2 Å². The average molecular weight is 638 g/mol. The topological polar surface area (TPSA) is 102 Å². The summed E-state index contributed by atoms with van der Waals surface area (Å²) in [7, 11) is 0. The monoisotopic (exact) mass is 637 g/mol. The lowest BCUT2D eigenvalue weighted by Crippen LogP contribution is -2.14. The third kappa shape index (κ3) is 15.8. The van der Waals surface area contributed by atoms with Crippen molar-refractivity contribution in [2.75, 3.05) is 66.1 Å². The molecule has 0 atom stereocenters. The van der Waals surface area contributed by atoms with E-state index in [1.165, 1.54) is 37.0 Å². The third-order valence-corrected chi connectivity index (χ3v) is 7.16. The highest BCUT2D eigenvalue weighted by Gasteiger charge is 2.19. The number of allylic oxidation sites excluding steroid dienone is 2. The molecule has 3 rings (SSSR count). The van der Waals surface area contributed by atoms with Crippen molar-refractivity contribution in [1.29, 1.82) is 0 Å². The first-order chi connectivity index (χ1) is 22.3. The molecule has 0 aliphatic heterocycles. The molecule has 1 aliphatic rings. The number of fused-ring (bicyclic) bond motifs is 1. The van der Waals surface area contributed by atoms with Crippen LogP contribution in [0.25, 0.3) is 0 Å². The number of unbranched alkanes of at least 4 members (excludes halogenated alkanes) is 2. The molecule has 0 spiro atoms. The summed E-state index contributed by atoms with van der Waals surface area (Å²) in [5, 5.41) is 4.13. The number of carbonyl (C=O) groups is 2. The van der Waals surface area contributed by atoms with E-state index >= 15 is 0 Å². The van der Waals surface area contributed by atoms with Crippen molar-refractivity contribution in [2.45, 2.75) is 59.3 Å². The Balaban J connectivity index is 1.08. The first kappa shape index (κ1) is 37.1. The number of nitrogens with zero attached hydrogens (tertiary/aromatic N) is 1. The highest BCUT2D eigenvalue weighted by molar-refractivity contribution is 6.22. The van der Waals surface area contributed by atoms with Gasteiger partial charge in [-0.2, -0.15) is 0 Å². The van der Waals surface area contributed by atoms with E-state index < -0.39 is 0 Å². The Hall–Kier alpha value is -3.37. The second-order valence-corrected chi connectivity index (χ2v) is 12.4. The molecule has 0 bridgehead atoms. The van der Waals surface area contributed by atoms with Gasteiger partial charge in [0.25, 0.3) is 0 Å². The molecule has 0 unspecified atom stereocenters. The van der Waals surface area contributed by atoms with Crippen LogP contribution in [0, 0.1) is 5.41 Å². The molecule has 0 fully saturated rings. The number of hydrogen-bond acceptors (Lipinski definition) is 9. The predicted molar refractivity (Wildman–Crippen MR) is 179 cm³/mol. The van der Waals surface area contributed by atoms with Crippen LogP contribution in [0.15, 0.2) is 59.8 Å². The van der Waals surface area contributed by atoms with E-state index in [0.717, 1.165) is 24.8 Å². The lowest BCUT2D eigenvalue weighted by molar-refractivity contribution is -0.00473. The minimum Gasteiger partial charge on any atom is -0.491 e. The lowest BCUT2D eigenvalue weighted by atomic mass is 9.89. The highest BCUT2D eigenvalue weighted by atomic mass is 16.6. The SMILES string of the molecule is CC(C)(C)CCCCCO/N=C/c1cccc(CCCOCCOCCOCCOCCOc2ccc3c(c2)C(=O)C=CC3=O)c1. The number of ether oxygens (including phenoxy) is 5. The van der Waals surface area contributed by atoms with Crippen molar-refractivity contribution in [3.05, 3.63) is 76.9 Å². The summed E-state index contributed by atoms with van der Waals surface area (Å²) in [5.74, 6) is 0.161. The zero-order chi connectivity index (χ0) is 32.9. The van der Waals surface area contributed by atoms with E-state index in [4.69, 9.17) is 28.5 Å². The van der Waals surface area contributed by atoms with Crippen LogP contribution in [0.5, 0.6) is 5.75 Å². The second-order valence-electron chi connectivity index (χ2n) is 12.4. The van der Waals surface area contributed by atoms with Gasteiger partial charge in [0, 0.05) is 17.7 Å². The maximum Gasteiger partial charge on any atom is 0.186 e. The van der Waals surface area contributed by atoms with E-state index in [2.05, 4.69) is 38.1 Å². The minimum atomic E-state index is -0.195. The highest BCUT2D eigenvalue weighted by Crippen LogP contribution is 2.23. The van der Waals surface area contributed by atoms with Crippen molar-refractivity contribution >= 4 is 17.8 Å². The maximum atomic E-state index is 12.0. The normalized spacial score (nSPS) is 13.0. The summed E-state index contributed by atoms with van der Waals surface area (Å²) in [5.41, 5.74) is 3.47. The summed E-state index contributed by atoms with van der Waals surface area (Å²) in [4.78, 5) is 29.2. The van der Waals surface area contributed by atoms with Crippen molar-refractivity contribution in [3.8, 4) is 5.75 Å². The summed E-state index contributed by atoms with van der Waals surface area (Å²) in [6, 6.07) is 13.2. The lowest BCUT2D eigenvalue weighted by Gasteiger charge is -2.17. The third-order valence-electron chi connectivity index (χ3n) is 7.16. The zero-order valence-electron chi connectivity index (χ0n) is 27.8.